The van der Waals surface area contributed by atoms with E-state index in [2.05, 4.69) is 34.9 Å². The number of hydrogen-bond acceptors (Lipinski definition) is 20. The number of H-pyrrole nitrogens is 2. The molecule has 4 aromatic rings. The summed E-state index contributed by atoms with van der Waals surface area (Å²) in [7, 11) is -10.7. The Kier molecular flexibility index (Phi) is 8.17. The van der Waals surface area contributed by atoms with Gasteiger partial charge in [0.05, 0.1) is 25.9 Å². The molecule has 10 atom stereocenters. The van der Waals surface area contributed by atoms with Crippen molar-refractivity contribution in [3.05, 3.63) is 33.4 Å². The van der Waals surface area contributed by atoms with Crippen LogP contribution in [0.15, 0.2) is 27.2 Å². The fourth-order valence-electron chi connectivity index (χ4n) is 5.53. The molecule has 26 heteroatoms. The molecule has 0 radical (unpaired) electrons. The lowest BCUT2D eigenvalue weighted by molar-refractivity contribution is -0.244. The van der Waals surface area contributed by atoms with Crippen molar-refractivity contribution in [1.29, 1.82) is 0 Å². The van der Waals surface area contributed by atoms with Gasteiger partial charge >= 0.3 is 0 Å². The van der Waals surface area contributed by atoms with E-state index < -0.39 is 89.1 Å². The molecule has 0 aromatic carbocycles. The first-order chi connectivity index (χ1) is 22.7. The fourth-order valence-corrected chi connectivity index (χ4v) is 7.43. The minimum absolute atomic E-state index is 0.107. The summed E-state index contributed by atoms with van der Waals surface area (Å²) in [5.74, 6) is -0.404. The smallest absolute Gasteiger partial charge is 0.280 e. The number of phosphoric acid groups is 2. The summed E-state index contributed by atoms with van der Waals surface area (Å²) in [4.78, 5) is 75.3. The number of imidazole rings is 2. The first-order valence-electron chi connectivity index (χ1n) is 13.9. The van der Waals surface area contributed by atoms with Gasteiger partial charge in [0.25, 0.3) is 26.8 Å². The zero-order valence-electron chi connectivity index (χ0n) is 24.2. The zero-order valence-corrected chi connectivity index (χ0v) is 25.9. The summed E-state index contributed by atoms with van der Waals surface area (Å²) < 4.78 is 60.0. The Hall–Kier alpha value is -3.77. The molecule has 6 N–H and O–H groups in total. The number of nitrogen functional groups attached to an aromatic ring is 1. The Bertz CT molecular complexity index is 2130. The van der Waals surface area contributed by atoms with E-state index in [-0.39, 0.29) is 34.2 Å². The molecule has 7 rings (SSSR count). The van der Waals surface area contributed by atoms with Crippen molar-refractivity contribution in [3.8, 4) is 0 Å². The predicted octanol–water partition coefficient (Wildman–Crippen LogP) is -3.17. The molecule has 48 heavy (non-hydrogen) atoms. The van der Waals surface area contributed by atoms with Crippen LogP contribution < -0.4 is 26.6 Å². The molecular formula is C22H24N10O14P2-2. The van der Waals surface area contributed by atoms with E-state index in [4.69, 9.17) is 33.3 Å². The van der Waals surface area contributed by atoms with Gasteiger partial charge in [-0.15, -0.1) is 0 Å². The molecule has 3 aliphatic rings. The second kappa shape index (κ2) is 12.0. The molecule has 3 fully saturated rings. The minimum Gasteiger partial charge on any atom is -0.756 e. The molecule has 0 spiro atoms. The summed E-state index contributed by atoms with van der Waals surface area (Å²) in [5.41, 5.74) is 3.62. The van der Waals surface area contributed by atoms with E-state index >= 15 is 0 Å². The number of rotatable bonds is 3. The number of nitrogens with two attached hydrogens (primary N) is 1. The van der Waals surface area contributed by atoms with Crippen molar-refractivity contribution in [1.82, 2.24) is 39.0 Å². The third-order valence-corrected chi connectivity index (χ3v) is 9.52. The van der Waals surface area contributed by atoms with E-state index in [1.807, 2.05) is 0 Å². The summed E-state index contributed by atoms with van der Waals surface area (Å²) in [6.07, 6.45) is -10.1. The van der Waals surface area contributed by atoms with Gasteiger partial charge in [0.15, 0.2) is 34.8 Å². The Morgan fingerprint density at radius 2 is 1.38 bits per heavy atom. The lowest BCUT2D eigenvalue weighted by Crippen LogP contribution is -2.41. The number of nitrogens with one attached hydrogen (secondary N) is 2. The van der Waals surface area contributed by atoms with Crippen LogP contribution in [0.1, 0.15) is 19.4 Å². The number of phosphoric ester groups is 2. The number of aliphatic imine (C=N–C) groups is 1. The summed E-state index contributed by atoms with van der Waals surface area (Å²) >= 11 is 0. The molecule has 0 saturated carbocycles. The zero-order chi connectivity index (χ0) is 34.1. The fraction of sp³-hybridized carbons (Fsp3) is 0.500. The predicted molar refractivity (Wildman–Crippen MR) is 151 cm³/mol. The molecule has 0 aliphatic carbocycles. The number of nitrogens with zero attached hydrogens (tertiary/aromatic N) is 7. The lowest BCUT2D eigenvalue weighted by atomic mass is 10.1. The largest absolute Gasteiger partial charge is 0.756 e. The van der Waals surface area contributed by atoms with Gasteiger partial charge in [0.1, 0.15) is 36.6 Å². The number of fused-ring (bicyclic) bond motifs is 4. The van der Waals surface area contributed by atoms with Crippen LogP contribution in [-0.2, 0) is 36.7 Å². The monoisotopic (exact) mass is 714 g/mol. The van der Waals surface area contributed by atoms with E-state index in [1.165, 1.54) is 6.21 Å². The van der Waals surface area contributed by atoms with Crippen LogP contribution in [0.2, 0.25) is 0 Å². The molecule has 7 heterocycles. The van der Waals surface area contributed by atoms with Gasteiger partial charge < -0.3 is 53.3 Å². The molecule has 0 amide bonds. The van der Waals surface area contributed by atoms with Crippen LogP contribution >= 0.6 is 15.6 Å². The van der Waals surface area contributed by atoms with E-state index in [0.29, 0.717) is 0 Å². The Morgan fingerprint density at radius 1 is 0.896 bits per heavy atom. The average Bonchev–Trinajstić information content (AvgIpc) is 3.76. The number of aliphatic hydroxyl groups is 2. The third kappa shape index (κ3) is 5.80. The highest BCUT2D eigenvalue weighted by Crippen LogP contribution is 2.50. The van der Waals surface area contributed by atoms with Gasteiger partial charge in [0, 0.05) is 6.21 Å². The maximum absolute atomic E-state index is 13.0. The second-order valence-corrected chi connectivity index (χ2v) is 13.3. The van der Waals surface area contributed by atoms with Crippen LogP contribution in [0.25, 0.3) is 22.3 Å². The van der Waals surface area contributed by atoms with E-state index in [1.54, 1.807) is 6.92 Å². The molecule has 4 aromatic heterocycles. The van der Waals surface area contributed by atoms with Crippen LogP contribution in [0.5, 0.6) is 0 Å². The van der Waals surface area contributed by atoms with Gasteiger partial charge in [-0.1, -0.05) is 0 Å². The van der Waals surface area contributed by atoms with E-state index in [9.17, 15) is 38.7 Å². The highest BCUT2D eigenvalue weighted by atomic mass is 31.2. The molecule has 0 bridgehead atoms. The first kappa shape index (κ1) is 32.8. The van der Waals surface area contributed by atoms with Crippen molar-refractivity contribution in [2.45, 2.75) is 56.0 Å². The molecule has 3 aliphatic heterocycles. The van der Waals surface area contributed by atoms with Crippen molar-refractivity contribution < 1.29 is 56.7 Å². The van der Waals surface area contributed by atoms with Gasteiger partial charge in [-0.2, -0.15) is 9.97 Å². The molecule has 3 saturated heterocycles. The molecule has 24 nitrogen and oxygen atoms in total. The lowest BCUT2D eigenvalue weighted by Gasteiger charge is -2.34. The number of aromatic amines is 2. The number of hydrogen-bond donors (Lipinski definition) is 5. The van der Waals surface area contributed by atoms with Crippen LogP contribution in [-0.4, -0.2) is 105 Å². The molecular weight excluding hydrogens is 690 g/mol. The Labute approximate surface area is 265 Å². The topological polar surface area (TPSA) is 342 Å². The standard InChI is InChI=1S/C22H26N10O14P2/c1-2-24-22-28-16-10(18(36)30-22)26-6-32(16)20-12(34)14-8(44-20)4-42-47(37,38)45-13-7(3-41-48(39,40)46-14)43-19(11(13)33)31-5-25-9-15(31)27-21(23)29-17(9)35/h2,5-8,11-14,19-20,33-34H,3-4H2,1H3,(H,37,38)(H,39,40)(H,28,30,36)(H3,23,27,29,35)/p-2/t7-,8-,11?,12+,13+,14?,19-,20-/m1/s1. The molecule has 4 unspecified atom stereocenters. The second-order valence-electron chi connectivity index (χ2n) is 10.6. The number of aromatic nitrogens is 8. The van der Waals surface area contributed by atoms with Crippen LogP contribution in [0.4, 0.5) is 11.9 Å². The summed E-state index contributed by atoms with van der Waals surface area (Å²) in [6.45, 7) is -0.339. The van der Waals surface area contributed by atoms with E-state index in [0.717, 1.165) is 21.8 Å². The third-order valence-electron chi connectivity index (χ3n) is 7.58. The summed E-state index contributed by atoms with van der Waals surface area (Å²) in [5, 5.41) is 22.3. The first-order valence-corrected chi connectivity index (χ1v) is 16.8. The Balaban J connectivity index is 1.17. The quantitative estimate of drug-likeness (QED) is 0.103. The van der Waals surface area contributed by atoms with Crippen molar-refractivity contribution >= 4 is 56.1 Å². The SMILES string of the molecule is CC=Nc1nc2c(ncn2[C@@H]2O[C@@H]3COP(=O)([O-])O[C@@H]4C(O)[C@H](n5cnc6c(=O)[nH]c(N)nc65)O[C@@H]4COP(=O)([O-])OC3[C@@H]2O)c(=O)[nH]1. The number of anilines is 1. The van der Waals surface area contributed by atoms with Crippen molar-refractivity contribution in [2.24, 2.45) is 4.99 Å². The van der Waals surface area contributed by atoms with Crippen LogP contribution in [0, 0.1) is 0 Å². The Morgan fingerprint density at radius 3 is 1.88 bits per heavy atom. The summed E-state index contributed by atoms with van der Waals surface area (Å²) in [6, 6.07) is 0. The molecule has 258 valence electrons. The van der Waals surface area contributed by atoms with Crippen molar-refractivity contribution in [2.75, 3.05) is 18.9 Å². The van der Waals surface area contributed by atoms with Crippen LogP contribution in [0.3, 0.4) is 0 Å². The average molecular weight is 714 g/mol. The maximum Gasteiger partial charge on any atom is 0.280 e. The highest BCUT2D eigenvalue weighted by Gasteiger charge is 2.51. The minimum atomic E-state index is -5.37. The highest BCUT2D eigenvalue weighted by molar-refractivity contribution is 7.46. The number of ether oxygens (including phenoxy) is 2. The van der Waals surface area contributed by atoms with Gasteiger partial charge in [-0.3, -0.25) is 37.8 Å². The number of aliphatic hydroxyl groups excluding tert-OH is 2. The maximum atomic E-state index is 13.0. The normalized spacial score (nSPS) is 36.3. The van der Waals surface area contributed by atoms with Crippen molar-refractivity contribution in [3.63, 3.8) is 0 Å². The van der Waals surface area contributed by atoms with Gasteiger partial charge in [-0.25, -0.2) is 15.0 Å². The van der Waals surface area contributed by atoms with Gasteiger partial charge in [0.2, 0.25) is 11.9 Å². The van der Waals surface area contributed by atoms with Gasteiger partial charge in [-0.05, 0) is 6.92 Å².